The zero-order valence-corrected chi connectivity index (χ0v) is 11.0. The van der Waals surface area contributed by atoms with Gasteiger partial charge in [0.1, 0.15) is 24.5 Å². The van der Waals surface area contributed by atoms with Crippen molar-refractivity contribution in [1.29, 1.82) is 0 Å². The molecule has 0 aliphatic carbocycles. The van der Waals surface area contributed by atoms with Crippen LogP contribution in [-0.4, -0.2) is 6.21 Å². The highest BCUT2D eigenvalue weighted by molar-refractivity contribution is 5.79. The summed E-state index contributed by atoms with van der Waals surface area (Å²) in [7, 11) is 0. The van der Waals surface area contributed by atoms with Gasteiger partial charge in [-0.1, -0.05) is 17.3 Å². The summed E-state index contributed by atoms with van der Waals surface area (Å²) in [5.74, 6) is -1.52. The lowest BCUT2D eigenvalue weighted by Crippen LogP contribution is -2.05. The highest BCUT2D eigenvalue weighted by Gasteiger charge is 2.30. The van der Waals surface area contributed by atoms with Crippen molar-refractivity contribution < 1.29 is 26.8 Å². The van der Waals surface area contributed by atoms with Gasteiger partial charge >= 0.3 is 6.18 Å². The molecule has 0 aromatic heterocycles. The molecule has 2 aromatic rings. The number of nitrogens with zero attached hydrogens (tertiary/aromatic N) is 1. The van der Waals surface area contributed by atoms with Crippen LogP contribution in [0.2, 0.25) is 0 Å². The van der Waals surface area contributed by atoms with Crippen LogP contribution in [0.25, 0.3) is 0 Å². The van der Waals surface area contributed by atoms with Crippen molar-refractivity contribution in [2.45, 2.75) is 12.8 Å². The molecule has 1 radical (unpaired) electrons. The van der Waals surface area contributed by atoms with Gasteiger partial charge in [-0.3, -0.25) is 0 Å². The molecule has 2 aromatic carbocycles. The SMILES string of the molecule is Fc1ccc(CO/N=[C]\c2cccc(C(F)(F)F)c2)c(F)c1. The van der Waals surface area contributed by atoms with E-state index in [1.807, 2.05) is 0 Å². The van der Waals surface area contributed by atoms with Gasteiger partial charge in [0, 0.05) is 17.2 Å². The van der Waals surface area contributed by atoms with E-state index >= 15 is 0 Å². The van der Waals surface area contributed by atoms with Crippen LogP contribution in [0.3, 0.4) is 0 Å². The summed E-state index contributed by atoms with van der Waals surface area (Å²) in [5.41, 5.74) is -0.706. The van der Waals surface area contributed by atoms with Crippen molar-refractivity contribution in [1.82, 2.24) is 0 Å². The van der Waals surface area contributed by atoms with Crippen molar-refractivity contribution in [2.75, 3.05) is 0 Å². The van der Waals surface area contributed by atoms with E-state index in [1.165, 1.54) is 18.2 Å². The largest absolute Gasteiger partial charge is 0.416 e. The fourth-order valence-corrected chi connectivity index (χ4v) is 1.59. The molecular weight excluding hydrogens is 305 g/mol. The standard InChI is InChI=1S/C15H9F5NO/c16-13-5-4-11(14(17)7-13)9-22-21-8-10-2-1-3-12(6-10)15(18,19)20/h1-7H,9H2. The van der Waals surface area contributed by atoms with Gasteiger partial charge in [0.2, 0.25) is 0 Å². The Kier molecular flexibility index (Phi) is 4.75. The molecule has 0 heterocycles. The smallest absolute Gasteiger partial charge is 0.390 e. The summed E-state index contributed by atoms with van der Waals surface area (Å²) >= 11 is 0. The summed E-state index contributed by atoms with van der Waals surface area (Å²) in [5, 5.41) is 3.35. The predicted octanol–water partition coefficient (Wildman–Crippen LogP) is 4.41. The van der Waals surface area contributed by atoms with Crippen LogP contribution < -0.4 is 0 Å². The number of benzene rings is 2. The molecule has 0 aliphatic rings. The minimum absolute atomic E-state index is 0.0643. The molecule has 0 aliphatic heterocycles. The van der Waals surface area contributed by atoms with E-state index in [1.54, 1.807) is 0 Å². The molecule has 0 saturated carbocycles. The van der Waals surface area contributed by atoms with Crippen molar-refractivity contribution in [3.63, 3.8) is 0 Å². The molecular formula is C15H9F5NO. The second-order valence-electron chi connectivity index (χ2n) is 4.29. The molecule has 22 heavy (non-hydrogen) atoms. The Morgan fingerprint density at radius 3 is 2.50 bits per heavy atom. The van der Waals surface area contributed by atoms with E-state index in [4.69, 9.17) is 4.84 Å². The Bertz CT molecular complexity index is 682. The van der Waals surface area contributed by atoms with E-state index in [0.717, 1.165) is 18.2 Å². The fourth-order valence-electron chi connectivity index (χ4n) is 1.59. The first-order chi connectivity index (χ1) is 10.4. The van der Waals surface area contributed by atoms with E-state index in [-0.39, 0.29) is 17.7 Å². The van der Waals surface area contributed by atoms with Crippen LogP contribution in [0.5, 0.6) is 0 Å². The zero-order valence-electron chi connectivity index (χ0n) is 11.0. The highest BCUT2D eigenvalue weighted by atomic mass is 19.4. The lowest BCUT2D eigenvalue weighted by atomic mass is 10.1. The maximum Gasteiger partial charge on any atom is 0.416 e. The molecule has 0 amide bonds. The molecule has 115 valence electrons. The van der Waals surface area contributed by atoms with Gasteiger partial charge in [0.05, 0.1) is 5.56 Å². The molecule has 0 spiro atoms. The van der Waals surface area contributed by atoms with Gasteiger partial charge in [0.15, 0.2) is 0 Å². The maximum atomic E-state index is 13.3. The lowest BCUT2D eigenvalue weighted by molar-refractivity contribution is -0.137. The Morgan fingerprint density at radius 2 is 1.82 bits per heavy atom. The maximum absolute atomic E-state index is 13.3. The topological polar surface area (TPSA) is 21.6 Å². The highest BCUT2D eigenvalue weighted by Crippen LogP contribution is 2.29. The molecule has 0 fully saturated rings. The van der Waals surface area contributed by atoms with Crippen LogP contribution in [0.1, 0.15) is 16.7 Å². The quantitative estimate of drug-likeness (QED) is 0.465. The number of hydrogen-bond donors (Lipinski definition) is 0. The number of rotatable bonds is 4. The van der Waals surface area contributed by atoms with E-state index < -0.39 is 23.4 Å². The third-order valence-corrected chi connectivity index (χ3v) is 2.66. The first-order valence-corrected chi connectivity index (χ1v) is 6.05. The minimum atomic E-state index is -4.46. The molecule has 0 saturated heterocycles. The predicted molar refractivity (Wildman–Crippen MR) is 69.1 cm³/mol. The fraction of sp³-hybridized carbons (Fsp3) is 0.133. The van der Waals surface area contributed by atoms with Crippen LogP contribution in [0.4, 0.5) is 22.0 Å². The monoisotopic (exact) mass is 314 g/mol. The van der Waals surface area contributed by atoms with Crippen LogP contribution in [-0.2, 0) is 17.6 Å². The summed E-state index contributed by atoms with van der Waals surface area (Å²) in [4.78, 5) is 4.74. The lowest BCUT2D eigenvalue weighted by Gasteiger charge is -2.06. The Morgan fingerprint density at radius 1 is 1.05 bits per heavy atom. The van der Waals surface area contributed by atoms with Crippen molar-refractivity contribution in [2.24, 2.45) is 5.16 Å². The van der Waals surface area contributed by atoms with Gasteiger partial charge < -0.3 is 4.84 Å². The average Bonchev–Trinajstić information content (AvgIpc) is 2.45. The van der Waals surface area contributed by atoms with Crippen molar-refractivity contribution in [3.05, 3.63) is 70.8 Å². The van der Waals surface area contributed by atoms with Gasteiger partial charge in [-0.2, -0.15) is 13.2 Å². The Labute approximate surface area is 122 Å². The summed E-state index contributed by atoms with van der Waals surface area (Å²) < 4.78 is 63.4. The Hall–Kier alpha value is -2.44. The van der Waals surface area contributed by atoms with Crippen molar-refractivity contribution in [3.8, 4) is 0 Å². The van der Waals surface area contributed by atoms with Crippen molar-refractivity contribution >= 4 is 6.21 Å². The summed E-state index contributed by atoms with van der Waals surface area (Å²) in [6.07, 6.45) is -2.20. The minimum Gasteiger partial charge on any atom is -0.390 e. The first kappa shape index (κ1) is 15.9. The van der Waals surface area contributed by atoms with Gasteiger partial charge in [-0.05, 0) is 24.3 Å². The van der Waals surface area contributed by atoms with Gasteiger partial charge in [-0.25, -0.2) is 8.78 Å². The first-order valence-electron chi connectivity index (χ1n) is 6.05. The van der Waals surface area contributed by atoms with E-state index in [2.05, 4.69) is 11.4 Å². The summed E-state index contributed by atoms with van der Waals surface area (Å²) in [6, 6.07) is 7.28. The molecule has 0 N–H and O–H groups in total. The van der Waals surface area contributed by atoms with Crippen LogP contribution >= 0.6 is 0 Å². The normalized spacial score (nSPS) is 11.9. The summed E-state index contributed by atoms with van der Waals surface area (Å²) in [6.45, 7) is -0.294. The zero-order chi connectivity index (χ0) is 16.2. The second-order valence-corrected chi connectivity index (χ2v) is 4.29. The van der Waals surface area contributed by atoms with Gasteiger partial charge in [0.25, 0.3) is 0 Å². The number of alkyl halides is 3. The third kappa shape index (κ3) is 4.28. The molecule has 0 unspecified atom stereocenters. The van der Waals surface area contributed by atoms with E-state index in [0.29, 0.717) is 6.07 Å². The number of hydrogen-bond acceptors (Lipinski definition) is 2. The molecule has 2 rings (SSSR count). The van der Waals surface area contributed by atoms with E-state index in [9.17, 15) is 22.0 Å². The van der Waals surface area contributed by atoms with Gasteiger partial charge in [-0.15, -0.1) is 0 Å². The number of halogens is 5. The average molecular weight is 314 g/mol. The third-order valence-electron chi connectivity index (χ3n) is 2.66. The molecule has 7 heteroatoms. The molecule has 0 bridgehead atoms. The Balaban J connectivity index is 1.98. The molecule has 0 atom stereocenters. The second kappa shape index (κ2) is 6.55. The molecule has 2 nitrogen and oxygen atoms in total. The van der Waals surface area contributed by atoms with Crippen LogP contribution in [0, 0.1) is 11.6 Å². The van der Waals surface area contributed by atoms with Crippen LogP contribution in [0.15, 0.2) is 47.6 Å².